The molecule has 2 rings (SSSR count). The highest BCUT2D eigenvalue weighted by Gasteiger charge is 2.34. The van der Waals surface area contributed by atoms with Gasteiger partial charge in [0.25, 0.3) is 0 Å². The minimum Gasteiger partial charge on any atom is -0.371 e. The van der Waals surface area contributed by atoms with E-state index in [0.29, 0.717) is 12.0 Å². The van der Waals surface area contributed by atoms with E-state index in [1.54, 1.807) is 0 Å². The molecule has 0 aliphatic carbocycles. The van der Waals surface area contributed by atoms with E-state index >= 15 is 0 Å². The lowest BCUT2D eigenvalue weighted by molar-refractivity contribution is -0.136. The largest absolute Gasteiger partial charge is 0.371 e. The smallest absolute Gasteiger partial charge is 0.248 e. The first kappa shape index (κ1) is 10.9. The van der Waals surface area contributed by atoms with Gasteiger partial charge in [-0.15, -0.1) is 0 Å². The molecule has 2 fully saturated rings. The number of nitrogens with zero attached hydrogens (tertiary/aromatic N) is 1. The maximum atomic E-state index is 11.8. The molecule has 15 heavy (non-hydrogen) atoms. The van der Waals surface area contributed by atoms with Gasteiger partial charge in [-0.2, -0.15) is 0 Å². The van der Waals surface area contributed by atoms with Gasteiger partial charge in [-0.25, -0.2) is 0 Å². The molecule has 0 radical (unpaired) electrons. The van der Waals surface area contributed by atoms with Crippen LogP contribution in [0.5, 0.6) is 0 Å². The number of hydrogen-bond donors (Lipinski definition) is 1. The number of rotatable bonds is 2. The third-order valence-corrected chi connectivity index (χ3v) is 3.31. The molecular weight excluding hydrogens is 192 g/mol. The molecular formula is C11H20N2O2. The van der Waals surface area contributed by atoms with Crippen molar-refractivity contribution in [3.05, 3.63) is 0 Å². The fourth-order valence-corrected chi connectivity index (χ4v) is 2.59. The summed E-state index contributed by atoms with van der Waals surface area (Å²) < 4.78 is 5.42. The topological polar surface area (TPSA) is 41.6 Å². The van der Waals surface area contributed by atoms with Gasteiger partial charge >= 0.3 is 0 Å². The molecule has 2 aliphatic rings. The second-order valence-corrected chi connectivity index (χ2v) is 4.42. The van der Waals surface area contributed by atoms with E-state index in [0.717, 1.165) is 39.1 Å². The Morgan fingerprint density at radius 3 is 3.27 bits per heavy atom. The van der Waals surface area contributed by atoms with Crippen LogP contribution in [0.15, 0.2) is 0 Å². The predicted octanol–water partition coefficient (Wildman–Crippen LogP) is 0.233. The molecule has 0 aromatic carbocycles. The van der Waals surface area contributed by atoms with Crippen LogP contribution in [0.1, 0.15) is 19.8 Å². The third-order valence-electron chi connectivity index (χ3n) is 3.31. The first-order valence-electron chi connectivity index (χ1n) is 5.91. The average molecular weight is 212 g/mol. The molecule has 0 aromatic rings. The van der Waals surface area contributed by atoms with Crippen LogP contribution in [-0.2, 0) is 9.53 Å². The second-order valence-electron chi connectivity index (χ2n) is 4.42. The Kier molecular flexibility index (Phi) is 3.59. The van der Waals surface area contributed by atoms with Crippen molar-refractivity contribution in [2.45, 2.75) is 25.8 Å². The number of fused-ring (bicyclic) bond motifs is 1. The number of carbonyl (C=O) groups excluding carboxylic acids is 1. The van der Waals surface area contributed by atoms with E-state index < -0.39 is 0 Å². The third kappa shape index (κ3) is 2.32. The second kappa shape index (κ2) is 4.94. The summed E-state index contributed by atoms with van der Waals surface area (Å²) in [5.74, 6) is 0.656. The quantitative estimate of drug-likeness (QED) is 0.712. The van der Waals surface area contributed by atoms with E-state index in [4.69, 9.17) is 4.74 Å². The fourth-order valence-electron chi connectivity index (χ4n) is 2.59. The zero-order valence-electron chi connectivity index (χ0n) is 9.37. The molecule has 1 N–H and O–H groups in total. The van der Waals surface area contributed by atoms with Crippen molar-refractivity contribution in [2.24, 2.45) is 5.92 Å². The number of ether oxygens (including phenoxy) is 1. The first-order valence-corrected chi connectivity index (χ1v) is 5.91. The van der Waals surface area contributed by atoms with Crippen molar-refractivity contribution in [3.63, 3.8) is 0 Å². The van der Waals surface area contributed by atoms with Crippen LogP contribution in [0.2, 0.25) is 0 Å². The van der Waals surface area contributed by atoms with Crippen LogP contribution < -0.4 is 5.32 Å². The minimum absolute atomic E-state index is 0.172. The van der Waals surface area contributed by atoms with Gasteiger partial charge in [0, 0.05) is 25.0 Å². The summed E-state index contributed by atoms with van der Waals surface area (Å²) >= 11 is 0. The molecule has 2 atom stereocenters. The average Bonchev–Trinajstić information content (AvgIpc) is 2.40. The van der Waals surface area contributed by atoms with Gasteiger partial charge in [0.15, 0.2) is 0 Å². The Bertz CT molecular complexity index is 233. The van der Waals surface area contributed by atoms with Crippen molar-refractivity contribution in [1.82, 2.24) is 10.2 Å². The van der Waals surface area contributed by atoms with Gasteiger partial charge < -0.3 is 15.0 Å². The minimum atomic E-state index is 0.172. The number of carbonyl (C=O) groups is 1. The van der Waals surface area contributed by atoms with Crippen LogP contribution in [0.4, 0.5) is 0 Å². The van der Waals surface area contributed by atoms with Gasteiger partial charge in [-0.3, -0.25) is 4.79 Å². The maximum Gasteiger partial charge on any atom is 0.248 e. The molecule has 2 aliphatic heterocycles. The van der Waals surface area contributed by atoms with E-state index in [1.807, 2.05) is 4.90 Å². The molecule has 0 aromatic heterocycles. The summed E-state index contributed by atoms with van der Waals surface area (Å²) in [4.78, 5) is 13.9. The highest BCUT2D eigenvalue weighted by molar-refractivity contribution is 5.78. The van der Waals surface area contributed by atoms with Crippen molar-refractivity contribution >= 4 is 5.91 Å². The maximum absolute atomic E-state index is 11.8. The zero-order chi connectivity index (χ0) is 10.7. The highest BCUT2D eigenvalue weighted by Crippen LogP contribution is 2.21. The number of hydrogen-bond acceptors (Lipinski definition) is 3. The van der Waals surface area contributed by atoms with Gasteiger partial charge in [-0.1, -0.05) is 6.92 Å². The summed E-state index contributed by atoms with van der Waals surface area (Å²) in [6.45, 7) is 6.00. The van der Waals surface area contributed by atoms with E-state index in [9.17, 15) is 4.79 Å². The molecule has 86 valence electrons. The SMILES string of the molecule is CCCN1C(=O)COC[C@@H]2CNCC[C@@H]21. The van der Waals surface area contributed by atoms with Crippen molar-refractivity contribution < 1.29 is 9.53 Å². The van der Waals surface area contributed by atoms with Gasteiger partial charge in [0.2, 0.25) is 5.91 Å². The lowest BCUT2D eigenvalue weighted by atomic mass is 9.92. The fraction of sp³-hybridized carbons (Fsp3) is 0.909. The summed E-state index contributed by atoms with van der Waals surface area (Å²) in [5, 5.41) is 3.37. The van der Waals surface area contributed by atoms with Gasteiger partial charge in [0.05, 0.1) is 6.61 Å². The number of amides is 1. The molecule has 0 saturated carbocycles. The molecule has 4 heteroatoms. The number of piperidine rings is 1. The monoisotopic (exact) mass is 212 g/mol. The Labute approximate surface area is 91.0 Å². The highest BCUT2D eigenvalue weighted by atomic mass is 16.5. The van der Waals surface area contributed by atoms with E-state index in [2.05, 4.69) is 12.2 Å². The standard InChI is InChI=1S/C11H20N2O2/c1-2-5-13-10-3-4-12-6-9(10)7-15-8-11(13)14/h9-10,12H,2-8H2,1H3/t9-,10-/m0/s1. The van der Waals surface area contributed by atoms with E-state index in [1.165, 1.54) is 0 Å². The molecule has 4 nitrogen and oxygen atoms in total. The van der Waals surface area contributed by atoms with Crippen LogP contribution >= 0.6 is 0 Å². The Morgan fingerprint density at radius 2 is 2.47 bits per heavy atom. The lowest BCUT2D eigenvalue weighted by Crippen LogP contribution is -2.51. The molecule has 0 spiro atoms. The normalized spacial score (nSPS) is 32.3. The zero-order valence-corrected chi connectivity index (χ0v) is 9.37. The first-order chi connectivity index (χ1) is 7.33. The molecule has 0 unspecified atom stereocenters. The Hall–Kier alpha value is -0.610. The molecule has 1 amide bonds. The van der Waals surface area contributed by atoms with Crippen LogP contribution in [0.25, 0.3) is 0 Å². The van der Waals surface area contributed by atoms with Gasteiger partial charge in [0.1, 0.15) is 6.61 Å². The summed E-state index contributed by atoms with van der Waals surface area (Å²) in [6.07, 6.45) is 2.10. The van der Waals surface area contributed by atoms with E-state index in [-0.39, 0.29) is 12.5 Å². The summed E-state index contributed by atoms with van der Waals surface area (Å²) in [7, 11) is 0. The Balaban J connectivity index is 2.10. The molecule has 2 saturated heterocycles. The Morgan fingerprint density at radius 1 is 1.60 bits per heavy atom. The summed E-state index contributed by atoms with van der Waals surface area (Å²) in [6, 6.07) is 0.404. The molecule has 0 bridgehead atoms. The predicted molar refractivity (Wildman–Crippen MR) is 57.6 cm³/mol. The number of nitrogens with one attached hydrogen (secondary N) is 1. The van der Waals surface area contributed by atoms with Gasteiger partial charge in [-0.05, 0) is 19.4 Å². The summed E-state index contributed by atoms with van der Waals surface area (Å²) in [5.41, 5.74) is 0. The van der Waals surface area contributed by atoms with Crippen LogP contribution in [-0.4, -0.2) is 49.7 Å². The van der Waals surface area contributed by atoms with Crippen molar-refractivity contribution in [2.75, 3.05) is 32.8 Å². The van der Waals surface area contributed by atoms with Crippen LogP contribution in [0, 0.1) is 5.92 Å². The van der Waals surface area contributed by atoms with Crippen LogP contribution in [0.3, 0.4) is 0 Å². The lowest BCUT2D eigenvalue weighted by Gasteiger charge is -2.37. The van der Waals surface area contributed by atoms with Crippen molar-refractivity contribution in [1.29, 1.82) is 0 Å². The van der Waals surface area contributed by atoms with Crippen molar-refractivity contribution in [3.8, 4) is 0 Å². The molecule has 2 heterocycles.